The Morgan fingerprint density at radius 1 is 0.963 bits per heavy atom. The second kappa shape index (κ2) is 7.87. The smallest absolute Gasteiger partial charge is 0.254 e. The van der Waals surface area contributed by atoms with Gasteiger partial charge >= 0.3 is 0 Å². The molecule has 8 heteroatoms. The van der Waals surface area contributed by atoms with E-state index in [-0.39, 0.29) is 22.9 Å². The molecule has 1 aromatic carbocycles. The standard InChI is InChI=1S/C19H26N2O5S/c22-19(21-11-14-26-18-4-2-1-3-17(18)21)15-5-7-16(8-6-15)27(23,24)20-9-12-25-13-10-20/h5-8,17-18H,1-4,9-14H2. The molecule has 2 heterocycles. The van der Waals surface area contributed by atoms with Gasteiger partial charge in [0.25, 0.3) is 5.91 Å². The number of amides is 1. The third-order valence-corrected chi connectivity index (χ3v) is 7.61. The van der Waals surface area contributed by atoms with Crippen molar-refractivity contribution in [2.75, 3.05) is 39.5 Å². The molecule has 0 spiro atoms. The Bertz CT molecular complexity index is 772. The Labute approximate surface area is 160 Å². The topological polar surface area (TPSA) is 76.2 Å². The van der Waals surface area contributed by atoms with Crippen LogP contribution in [0.25, 0.3) is 0 Å². The van der Waals surface area contributed by atoms with Crippen molar-refractivity contribution in [3.8, 4) is 0 Å². The number of benzene rings is 1. The van der Waals surface area contributed by atoms with Crippen molar-refractivity contribution in [1.29, 1.82) is 0 Å². The monoisotopic (exact) mass is 394 g/mol. The number of carbonyl (C=O) groups excluding carboxylic acids is 1. The highest BCUT2D eigenvalue weighted by Crippen LogP contribution is 2.29. The molecule has 0 radical (unpaired) electrons. The summed E-state index contributed by atoms with van der Waals surface area (Å²) in [5, 5.41) is 0. The van der Waals surface area contributed by atoms with Crippen molar-refractivity contribution in [2.45, 2.75) is 42.7 Å². The van der Waals surface area contributed by atoms with Crippen molar-refractivity contribution in [1.82, 2.24) is 9.21 Å². The molecule has 27 heavy (non-hydrogen) atoms. The molecule has 148 valence electrons. The summed E-state index contributed by atoms with van der Waals surface area (Å²) in [5.41, 5.74) is 0.530. The Kier molecular flexibility index (Phi) is 5.50. The highest BCUT2D eigenvalue weighted by molar-refractivity contribution is 7.89. The average Bonchev–Trinajstić information content (AvgIpc) is 2.73. The van der Waals surface area contributed by atoms with Gasteiger partial charge < -0.3 is 14.4 Å². The molecule has 2 unspecified atom stereocenters. The van der Waals surface area contributed by atoms with Gasteiger partial charge in [0.15, 0.2) is 0 Å². The Morgan fingerprint density at radius 2 is 1.67 bits per heavy atom. The molecule has 4 rings (SSSR count). The number of fused-ring (bicyclic) bond motifs is 1. The third-order valence-electron chi connectivity index (χ3n) is 5.70. The molecular formula is C19H26N2O5S. The van der Waals surface area contributed by atoms with Crippen molar-refractivity contribution in [3.05, 3.63) is 29.8 Å². The first kappa shape index (κ1) is 18.9. The minimum absolute atomic E-state index is 0.0366. The maximum atomic E-state index is 13.0. The number of rotatable bonds is 3. The molecule has 0 bridgehead atoms. The maximum absolute atomic E-state index is 13.0. The Balaban J connectivity index is 1.50. The van der Waals surface area contributed by atoms with Crippen LogP contribution >= 0.6 is 0 Å². The summed E-state index contributed by atoms with van der Waals surface area (Å²) < 4.78 is 37.9. The number of hydrogen-bond acceptors (Lipinski definition) is 5. The van der Waals surface area contributed by atoms with Crippen LogP contribution in [-0.4, -0.2) is 75.1 Å². The van der Waals surface area contributed by atoms with E-state index in [0.29, 0.717) is 45.0 Å². The van der Waals surface area contributed by atoms with Crippen LogP contribution in [0.4, 0.5) is 0 Å². The van der Waals surface area contributed by atoms with Crippen molar-refractivity contribution in [2.24, 2.45) is 0 Å². The highest BCUT2D eigenvalue weighted by Gasteiger charge is 2.37. The van der Waals surface area contributed by atoms with Gasteiger partial charge in [-0.05, 0) is 37.1 Å². The molecule has 2 saturated heterocycles. The van der Waals surface area contributed by atoms with Crippen LogP contribution in [0.3, 0.4) is 0 Å². The van der Waals surface area contributed by atoms with E-state index >= 15 is 0 Å². The first-order chi connectivity index (χ1) is 13.1. The van der Waals surface area contributed by atoms with Crippen LogP contribution in [-0.2, 0) is 19.5 Å². The summed E-state index contributed by atoms with van der Waals surface area (Å²) in [6.45, 7) is 2.70. The van der Waals surface area contributed by atoms with Gasteiger partial charge in [-0.25, -0.2) is 8.42 Å². The molecule has 1 amide bonds. The van der Waals surface area contributed by atoms with Gasteiger partial charge in [-0.15, -0.1) is 0 Å². The highest BCUT2D eigenvalue weighted by atomic mass is 32.2. The average molecular weight is 394 g/mol. The predicted octanol–water partition coefficient (Wildman–Crippen LogP) is 1.49. The molecule has 2 atom stereocenters. The zero-order valence-electron chi connectivity index (χ0n) is 15.4. The van der Waals surface area contributed by atoms with Crippen LogP contribution < -0.4 is 0 Å². The molecule has 1 aromatic rings. The fraction of sp³-hybridized carbons (Fsp3) is 0.632. The van der Waals surface area contributed by atoms with Crippen LogP contribution in [0.2, 0.25) is 0 Å². The summed E-state index contributed by atoms with van der Waals surface area (Å²) >= 11 is 0. The van der Waals surface area contributed by atoms with E-state index in [4.69, 9.17) is 9.47 Å². The normalized spacial score (nSPS) is 27.2. The van der Waals surface area contributed by atoms with Crippen LogP contribution in [0.15, 0.2) is 29.2 Å². The molecule has 1 aliphatic carbocycles. The van der Waals surface area contributed by atoms with Crippen molar-refractivity contribution in [3.63, 3.8) is 0 Å². The van der Waals surface area contributed by atoms with E-state index in [1.165, 1.54) is 16.4 Å². The third kappa shape index (κ3) is 3.76. The molecule has 3 aliphatic rings. The van der Waals surface area contributed by atoms with E-state index in [0.717, 1.165) is 25.7 Å². The lowest BCUT2D eigenvalue weighted by molar-refractivity contribution is -0.0752. The number of morpholine rings is 2. The van der Waals surface area contributed by atoms with Gasteiger partial charge in [-0.1, -0.05) is 12.8 Å². The van der Waals surface area contributed by atoms with E-state index in [1.807, 2.05) is 4.90 Å². The summed E-state index contributed by atoms with van der Waals surface area (Å²) in [4.78, 5) is 15.1. The summed E-state index contributed by atoms with van der Waals surface area (Å²) in [6, 6.07) is 6.47. The molecule has 1 saturated carbocycles. The lowest BCUT2D eigenvalue weighted by Crippen LogP contribution is -2.54. The molecule has 0 N–H and O–H groups in total. The molecule has 2 aliphatic heterocycles. The fourth-order valence-electron chi connectivity index (χ4n) is 4.22. The SMILES string of the molecule is O=C(c1ccc(S(=O)(=O)N2CCOCC2)cc1)N1CCOC2CCCCC21. The predicted molar refractivity (Wildman–Crippen MR) is 99.1 cm³/mol. The number of hydrogen-bond donors (Lipinski definition) is 0. The fourth-order valence-corrected chi connectivity index (χ4v) is 5.63. The zero-order valence-corrected chi connectivity index (χ0v) is 16.2. The van der Waals surface area contributed by atoms with E-state index in [9.17, 15) is 13.2 Å². The van der Waals surface area contributed by atoms with E-state index in [1.54, 1.807) is 12.1 Å². The largest absolute Gasteiger partial charge is 0.379 e. The molecule has 0 aromatic heterocycles. The van der Waals surface area contributed by atoms with Crippen LogP contribution in [0, 0.1) is 0 Å². The number of ether oxygens (including phenoxy) is 2. The molecule has 3 fully saturated rings. The van der Waals surface area contributed by atoms with Gasteiger partial charge in [0.2, 0.25) is 10.0 Å². The summed E-state index contributed by atoms with van der Waals surface area (Å²) in [7, 11) is -3.54. The lowest BCUT2D eigenvalue weighted by Gasteiger charge is -2.43. The van der Waals surface area contributed by atoms with Crippen LogP contribution in [0.1, 0.15) is 36.0 Å². The van der Waals surface area contributed by atoms with Gasteiger partial charge in [-0.3, -0.25) is 4.79 Å². The van der Waals surface area contributed by atoms with Crippen molar-refractivity contribution < 1.29 is 22.7 Å². The number of sulfonamides is 1. The number of carbonyl (C=O) groups is 1. The minimum Gasteiger partial charge on any atom is -0.379 e. The van der Waals surface area contributed by atoms with Crippen molar-refractivity contribution >= 4 is 15.9 Å². The van der Waals surface area contributed by atoms with Gasteiger partial charge in [0, 0.05) is 25.2 Å². The maximum Gasteiger partial charge on any atom is 0.254 e. The second-order valence-electron chi connectivity index (χ2n) is 7.30. The number of nitrogens with zero attached hydrogens (tertiary/aromatic N) is 2. The van der Waals surface area contributed by atoms with E-state index < -0.39 is 10.0 Å². The molecule has 7 nitrogen and oxygen atoms in total. The lowest BCUT2D eigenvalue weighted by atomic mass is 9.89. The van der Waals surface area contributed by atoms with Gasteiger partial charge in [0.05, 0.1) is 36.9 Å². The Morgan fingerprint density at radius 3 is 2.41 bits per heavy atom. The van der Waals surface area contributed by atoms with Crippen LogP contribution in [0.5, 0.6) is 0 Å². The first-order valence-corrected chi connectivity index (χ1v) is 11.1. The zero-order chi connectivity index (χ0) is 18.9. The quantitative estimate of drug-likeness (QED) is 0.776. The molecular weight excluding hydrogens is 368 g/mol. The summed E-state index contributed by atoms with van der Waals surface area (Å²) in [6.07, 6.45) is 4.38. The second-order valence-corrected chi connectivity index (χ2v) is 9.24. The van der Waals surface area contributed by atoms with E-state index in [2.05, 4.69) is 0 Å². The van der Waals surface area contributed by atoms with Gasteiger partial charge in [0.1, 0.15) is 0 Å². The first-order valence-electron chi connectivity index (χ1n) is 9.68. The summed E-state index contributed by atoms with van der Waals surface area (Å²) in [5.74, 6) is -0.0366. The Hall–Kier alpha value is -1.48. The van der Waals surface area contributed by atoms with Gasteiger partial charge in [-0.2, -0.15) is 4.31 Å². The minimum atomic E-state index is -3.54.